The molecule has 0 amide bonds. The predicted octanol–water partition coefficient (Wildman–Crippen LogP) is 4.79. The number of allylic oxidation sites excluding steroid dienone is 2. The molecule has 6 atom stereocenters. The minimum atomic E-state index is -0.212. The number of hydrogen-bond acceptors (Lipinski definition) is 3. The molecule has 5 rings (SSSR count). The number of hydrogen-bond donors (Lipinski definition) is 1. The first-order valence-electron chi connectivity index (χ1n) is 11.5. The number of aryl methyl sites for hydroxylation is 1. The van der Waals surface area contributed by atoms with E-state index in [0.29, 0.717) is 23.5 Å². The van der Waals surface area contributed by atoms with Crippen molar-refractivity contribution < 1.29 is 9.90 Å². The Balaban J connectivity index is 1.46. The fraction of sp³-hybridized carbons (Fsp3) is 0.680. The zero-order valence-electron chi connectivity index (χ0n) is 18.0. The molecule has 3 fully saturated rings. The van der Waals surface area contributed by atoms with Gasteiger partial charge in [0, 0.05) is 18.2 Å². The van der Waals surface area contributed by atoms with Crippen molar-refractivity contribution in [1.29, 1.82) is 0 Å². The number of aliphatic hydroxyl groups is 1. The monoisotopic (exact) mass is 394 g/mol. The highest BCUT2D eigenvalue weighted by atomic mass is 16.3. The molecule has 0 saturated heterocycles. The van der Waals surface area contributed by atoms with Crippen LogP contribution in [0.1, 0.15) is 71.4 Å². The third-order valence-electron chi connectivity index (χ3n) is 9.03. The van der Waals surface area contributed by atoms with Gasteiger partial charge in [0.05, 0.1) is 11.8 Å². The fourth-order valence-corrected chi connectivity index (χ4v) is 7.25. The van der Waals surface area contributed by atoms with Crippen LogP contribution < -0.4 is 0 Å². The molecule has 1 N–H and O–H groups in total. The highest BCUT2D eigenvalue weighted by Gasteiger charge is 2.59. The summed E-state index contributed by atoms with van der Waals surface area (Å²) in [5, 5.41) is 14.8. The van der Waals surface area contributed by atoms with Gasteiger partial charge in [-0.3, -0.25) is 9.48 Å². The summed E-state index contributed by atoms with van der Waals surface area (Å²) in [5.74, 6) is 2.04. The van der Waals surface area contributed by atoms with Gasteiger partial charge in [-0.15, -0.1) is 0 Å². The van der Waals surface area contributed by atoms with Crippen LogP contribution in [0.4, 0.5) is 0 Å². The quantitative estimate of drug-likeness (QED) is 0.580. The lowest BCUT2D eigenvalue weighted by Gasteiger charge is -2.56. The molecule has 4 aliphatic rings. The predicted molar refractivity (Wildman–Crippen MR) is 114 cm³/mol. The summed E-state index contributed by atoms with van der Waals surface area (Å²) >= 11 is 0. The van der Waals surface area contributed by atoms with Gasteiger partial charge < -0.3 is 5.11 Å². The largest absolute Gasteiger partial charge is 0.393 e. The van der Waals surface area contributed by atoms with Crippen LogP contribution in [0.3, 0.4) is 0 Å². The van der Waals surface area contributed by atoms with Crippen molar-refractivity contribution in [3.8, 4) is 0 Å². The number of nitrogens with zero attached hydrogens (tertiary/aromatic N) is 2. The average Bonchev–Trinajstić information content (AvgIpc) is 3.26. The molecule has 0 aromatic carbocycles. The highest BCUT2D eigenvalue weighted by Crippen LogP contribution is 2.64. The lowest BCUT2D eigenvalue weighted by atomic mass is 9.48. The van der Waals surface area contributed by atoms with Gasteiger partial charge in [0.1, 0.15) is 0 Å². The number of Topliss-reactive ketones (excluding diaryl/α,β-unsaturated/α-hetero) is 1. The van der Waals surface area contributed by atoms with Crippen LogP contribution in [-0.2, 0) is 11.3 Å². The van der Waals surface area contributed by atoms with E-state index in [1.54, 1.807) is 0 Å². The second-order valence-corrected chi connectivity index (χ2v) is 10.4. The molecule has 1 aromatic rings. The van der Waals surface area contributed by atoms with Crippen molar-refractivity contribution >= 4 is 11.9 Å². The van der Waals surface area contributed by atoms with E-state index in [-0.39, 0.29) is 16.9 Å². The average molecular weight is 395 g/mol. The molecule has 3 saturated carbocycles. The molecular formula is C25H34N2O2. The molecule has 0 aliphatic heterocycles. The highest BCUT2D eigenvalue weighted by molar-refractivity contribution is 6.05. The second kappa shape index (κ2) is 6.66. The van der Waals surface area contributed by atoms with E-state index in [1.165, 1.54) is 5.57 Å². The third-order valence-corrected chi connectivity index (χ3v) is 9.03. The maximum absolute atomic E-state index is 13.5. The van der Waals surface area contributed by atoms with Gasteiger partial charge in [-0.2, -0.15) is 5.10 Å². The van der Waals surface area contributed by atoms with Crippen LogP contribution in [0.25, 0.3) is 6.08 Å². The zero-order valence-corrected chi connectivity index (χ0v) is 18.0. The maximum Gasteiger partial charge on any atom is 0.165 e. The van der Waals surface area contributed by atoms with Crippen molar-refractivity contribution in [2.75, 3.05) is 0 Å². The van der Waals surface area contributed by atoms with Gasteiger partial charge in [-0.25, -0.2) is 0 Å². The topological polar surface area (TPSA) is 55.1 Å². The van der Waals surface area contributed by atoms with E-state index >= 15 is 0 Å². The molecule has 4 nitrogen and oxygen atoms in total. The molecule has 1 aromatic heterocycles. The molecule has 156 valence electrons. The smallest absolute Gasteiger partial charge is 0.165 e. The summed E-state index contributed by atoms with van der Waals surface area (Å²) in [6, 6.07) is 2.01. The Morgan fingerprint density at radius 3 is 2.76 bits per heavy atom. The molecule has 4 heteroatoms. The molecular weight excluding hydrogens is 360 g/mol. The molecule has 0 radical (unpaired) electrons. The summed E-state index contributed by atoms with van der Waals surface area (Å²) in [6.07, 6.45) is 13.3. The van der Waals surface area contributed by atoms with Gasteiger partial charge in [0.15, 0.2) is 5.78 Å². The Hall–Kier alpha value is -1.68. The molecule has 0 unspecified atom stereocenters. The Kier molecular flexibility index (Phi) is 4.43. The number of carbonyl (C=O) groups excluding carboxylic acids is 1. The van der Waals surface area contributed by atoms with Crippen LogP contribution in [0, 0.1) is 28.6 Å². The van der Waals surface area contributed by atoms with E-state index in [0.717, 1.165) is 62.8 Å². The standard InChI is InChI=1S/C25H34N2O2/c1-4-27-12-9-18(26-27)13-16-14-22-20-6-5-17-15-19(28)7-10-24(17,2)21(20)8-11-25(22,3)23(16)29/h5,9,12-13,19-22,28H,4,6-8,10-11,14-15H2,1-3H3/b16-13-/t19-,20-,21+,22+,24-,25-/m0/s1. The summed E-state index contributed by atoms with van der Waals surface area (Å²) in [7, 11) is 0. The summed E-state index contributed by atoms with van der Waals surface area (Å²) in [6.45, 7) is 7.60. The normalized spacial score (nSPS) is 43.0. The lowest BCUT2D eigenvalue weighted by Crippen LogP contribution is -2.50. The van der Waals surface area contributed by atoms with Crippen LogP contribution in [0.5, 0.6) is 0 Å². The minimum absolute atomic E-state index is 0.162. The molecule has 0 spiro atoms. The van der Waals surface area contributed by atoms with E-state index in [1.807, 2.05) is 16.9 Å². The lowest BCUT2D eigenvalue weighted by molar-refractivity contribution is -0.130. The van der Waals surface area contributed by atoms with Crippen molar-refractivity contribution in [3.63, 3.8) is 0 Å². The van der Waals surface area contributed by atoms with Gasteiger partial charge >= 0.3 is 0 Å². The minimum Gasteiger partial charge on any atom is -0.393 e. The molecule has 29 heavy (non-hydrogen) atoms. The zero-order chi connectivity index (χ0) is 20.4. The fourth-order valence-electron chi connectivity index (χ4n) is 7.25. The number of aromatic nitrogens is 2. The first-order valence-corrected chi connectivity index (χ1v) is 11.5. The third kappa shape index (κ3) is 2.82. The number of fused-ring (bicyclic) bond motifs is 5. The van der Waals surface area contributed by atoms with E-state index < -0.39 is 0 Å². The van der Waals surface area contributed by atoms with Gasteiger partial charge in [-0.05, 0) is 92.8 Å². The summed E-state index contributed by atoms with van der Waals surface area (Å²) < 4.78 is 1.92. The van der Waals surface area contributed by atoms with E-state index in [2.05, 4.69) is 38.0 Å². The molecule has 1 heterocycles. The molecule has 4 aliphatic carbocycles. The van der Waals surface area contributed by atoms with Crippen molar-refractivity contribution in [1.82, 2.24) is 9.78 Å². The summed E-state index contributed by atoms with van der Waals surface area (Å²) in [4.78, 5) is 13.5. The number of rotatable bonds is 2. The Bertz CT molecular complexity index is 896. The Labute approximate surface area is 174 Å². The Morgan fingerprint density at radius 1 is 1.21 bits per heavy atom. The number of carbonyl (C=O) groups is 1. The van der Waals surface area contributed by atoms with Gasteiger partial charge in [-0.1, -0.05) is 25.5 Å². The maximum atomic E-state index is 13.5. The van der Waals surface area contributed by atoms with Crippen molar-refractivity contribution in [3.05, 3.63) is 35.2 Å². The number of aliphatic hydroxyl groups excluding tert-OH is 1. The van der Waals surface area contributed by atoms with Gasteiger partial charge in [0.25, 0.3) is 0 Å². The Morgan fingerprint density at radius 2 is 2.00 bits per heavy atom. The van der Waals surface area contributed by atoms with E-state index in [4.69, 9.17) is 0 Å². The van der Waals surface area contributed by atoms with Gasteiger partial charge in [0.2, 0.25) is 0 Å². The van der Waals surface area contributed by atoms with E-state index in [9.17, 15) is 9.90 Å². The van der Waals surface area contributed by atoms with Crippen LogP contribution >= 0.6 is 0 Å². The van der Waals surface area contributed by atoms with Crippen LogP contribution in [0.15, 0.2) is 29.5 Å². The SMILES string of the molecule is CCn1ccc(/C=C2/C[C@@H]3[C@H]4CC=C5C[C@@H](O)CC[C@]5(C)[C@@H]4CC[C@]3(C)C2=O)n1. The van der Waals surface area contributed by atoms with Crippen molar-refractivity contribution in [2.45, 2.75) is 78.4 Å². The second-order valence-electron chi connectivity index (χ2n) is 10.4. The number of ketones is 1. The van der Waals surface area contributed by atoms with Crippen LogP contribution in [-0.4, -0.2) is 26.8 Å². The summed E-state index contributed by atoms with van der Waals surface area (Å²) in [5.41, 5.74) is 3.40. The first-order chi connectivity index (χ1) is 13.8. The van der Waals surface area contributed by atoms with Crippen molar-refractivity contribution in [2.24, 2.45) is 28.6 Å². The van der Waals surface area contributed by atoms with Crippen LogP contribution in [0.2, 0.25) is 0 Å². The molecule has 0 bridgehead atoms. The first kappa shape index (κ1) is 19.3.